The molecule has 0 aliphatic heterocycles. The van der Waals surface area contributed by atoms with Crippen molar-refractivity contribution in [1.29, 1.82) is 0 Å². The molecule has 0 fully saturated rings. The van der Waals surface area contributed by atoms with E-state index < -0.39 is 11.8 Å². The Labute approximate surface area is 223 Å². The number of hydrogen-bond acceptors (Lipinski definition) is 5. The molecule has 0 aliphatic rings. The van der Waals surface area contributed by atoms with Crippen LogP contribution in [0, 0.1) is 0 Å². The molecule has 0 saturated heterocycles. The van der Waals surface area contributed by atoms with E-state index >= 15 is 0 Å². The summed E-state index contributed by atoms with van der Waals surface area (Å²) in [6.45, 7) is 3.25. The molecular formula is C29H33N3O4S. The number of nitrogens with one attached hydrogen (secondary N) is 3. The van der Waals surface area contributed by atoms with Gasteiger partial charge in [-0.05, 0) is 60.6 Å². The Morgan fingerprint density at radius 2 is 1.49 bits per heavy atom. The van der Waals surface area contributed by atoms with Crippen LogP contribution in [0.3, 0.4) is 0 Å². The predicted molar refractivity (Wildman–Crippen MR) is 149 cm³/mol. The van der Waals surface area contributed by atoms with Crippen molar-refractivity contribution < 1.29 is 19.1 Å². The molecule has 3 rings (SSSR count). The molecule has 37 heavy (non-hydrogen) atoms. The number of hydrogen-bond donors (Lipinski definition) is 3. The molecule has 8 heteroatoms. The van der Waals surface area contributed by atoms with Gasteiger partial charge in [-0.25, -0.2) is 0 Å². The van der Waals surface area contributed by atoms with Crippen molar-refractivity contribution in [3.63, 3.8) is 0 Å². The maximum absolute atomic E-state index is 12.8. The van der Waals surface area contributed by atoms with E-state index in [0.29, 0.717) is 35.8 Å². The lowest BCUT2D eigenvalue weighted by molar-refractivity contribution is 0.0933. The Bertz CT molecular complexity index is 1150. The van der Waals surface area contributed by atoms with Crippen molar-refractivity contribution >= 4 is 29.1 Å². The van der Waals surface area contributed by atoms with E-state index in [1.165, 1.54) is 12.8 Å². The van der Waals surface area contributed by atoms with Gasteiger partial charge in [0, 0.05) is 12.0 Å². The number of hydrazine groups is 1. The third kappa shape index (κ3) is 9.57. The maximum Gasteiger partial charge on any atom is 0.269 e. The summed E-state index contributed by atoms with van der Waals surface area (Å²) in [5, 5.41) is 2.53. The summed E-state index contributed by atoms with van der Waals surface area (Å²) in [5.41, 5.74) is 6.97. The zero-order chi connectivity index (χ0) is 26.3. The van der Waals surface area contributed by atoms with Crippen LogP contribution in [0.15, 0.2) is 78.9 Å². The Morgan fingerprint density at radius 3 is 2.24 bits per heavy atom. The number of thiocarbonyl (C=S) groups is 1. The van der Waals surface area contributed by atoms with E-state index in [2.05, 4.69) is 23.1 Å². The van der Waals surface area contributed by atoms with Gasteiger partial charge in [0.25, 0.3) is 11.8 Å². The van der Waals surface area contributed by atoms with Crippen molar-refractivity contribution in [3.8, 4) is 11.5 Å². The van der Waals surface area contributed by atoms with Gasteiger partial charge >= 0.3 is 0 Å². The Hall–Kier alpha value is -3.91. The summed E-state index contributed by atoms with van der Waals surface area (Å²) in [6, 6.07) is 23.7. The Balaban J connectivity index is 1.43. The van der Waals surface area contributed by atoms with Crippen LogP contribution in [0.2, 0.25) is 0 Å². The molecule has 0 aliphatic carbocycles. The number of rotatable bonds is 12. The van der Waals surface area contributed by atoms with Gasteiger partial charge in [0.05, 0.1) is 18.8 Å². The first-order valence-corrected chi connectivity index (χ1v) is 12.9. The number of unbranched alkanes of at least 4 members (excludes halogenated alkanes) is 3. The molecule has 3 aromatic rings. The first-order valence-electron chi connectivity index (χ1n) is 12.5. The summed E-state index contributed by atoms with van der Waals surface area (Å²) in [5.74, 6) is 0.335. The largest absolute Gasteiger partial charge is 0.494 e. The molecule has 0 atom stereocenters. The van der Waals surface area contributed by atoms with E-state index in [-0.39, 0.29) is 5.11 Å². The molecule has 0 spiro atoms. The second-order valence-corrected chi connectivity index (χ2v) is 8.78. The summed E-state index contributed by atoms with van der Waals surface area (Å²) < 4.78 is 11.5. The van der Waals surface area contributed by atoms with Crippen LogP contribution in [0.5, 0.6) is 11.5 Å². The monoisotopic (exact) mass is 519 g/mol. The minimum absolute atomic E-state index is 0.0375. The fourth-order valence-corrected chi connectivity index (χ4v) is 3.66. The highest BCUT2D eigenvalue weighted by Crippen LogP contribution is 2.18. The van der Waals surface area contributed by atoms with Gasteiger partial charge in [0.2, 0.25) is 0 Å². The summed E-state index contributed by atoms with van der Waals surface area (Å²) >= 11 is 5.17. The minimum Gasteiger partial charge on any atom is -0.494 e. The van der Waals surface area contributed by atoms with Gasteiger partial charge in [0.15, 0.2) is 5.11 Å². The summed E-state index contributed by atoms with van der Waals surface area (Å²) in [7, 11) is 0. The average molecular weight is 520 g/mol. The zero-order valence-electron chi connectivity index (χ0n) is 21.0. The highest BCUT2D eigenvalue weighted by atomic mass is 32.1. The third-order valence-electron chi connectivity index (χ3n) is 5.52. The number of carbonyl (C=O) groups is 2. The molecule has 0 radical (unpaired) electrons. The fourth-order valence-electron chi connectivity index (χ4n) is 3.51. The quantitative estimate of drug-likeness (QED) is 0.173. The van der Waals surface area contributed by atoms with E-state index in [9.17, 15) is 9.59 Å². The molecule has 0 bridgehead atoms. The van der Waals surface area contributed by atoms with Gasteiger partial charge in [-0.15, -0.1) is 0 Å². The van der Waals surface area contributed by atoms with Crippen molar-refractivity contribution in [2.24, 2.45) is 0 Å². The minimum atomic E-state index is -0.442. The van der Waals surface area contributed by atoms with E-state index in [0.717, 1.165) is 24.8 Å². The van der Waals surface area contributed by atoms with Gasteiger partial charge in [-0.2, -0.15) is 0 Å². The highest BCUT2D eigenvalue weighted by molar-refractivity contribution is 7.80. The first kappa shape index (κ1) is 27.7. The molecule has 7 nitrogen and oxygen atoms in total. The van der Waals surface area contributed by atoms with Crippen LogP contribution in [0.4, 0.5) is 0 Å². The van der Waals surface area contributed by atoms with E-state index in [4.69, 9.17) is 21.7 Å². The molecule has 0 aromatic heterocycles. The maximum atomic E-state index is 12.8. The second kappa shape index (κ2) is 15.3. The zero-order valence-corrected chi connectivity index (χ0v) is 21.8. The molecular weight excluding hydrogens is 486 g/mol. The third-order valence-corrected chi connectivity index (χ3v) is 5.73. The SMILES string of the molecule is CCCCCCOc1ccc(C(=O)NNC(=S)NC(=O)c2ccccc2OCCc2ccccc2)cc1. The lowest BCUT2D eigenvalue weighted by Gasteiger charge is -2.14. The van der Waals surface area contributed by atoms with E-state index in [1.807, 2.05) is 30.3 Å². The lowest BCUT2D eigenvalue weighted by atomic mass is 10.1. The number of ether oxygens (including phenoxy) is 2. The number of para-hydroxylation sites is 1. The van der Waals surface area contributed by atoms with Crippen molar-refractivity contribution in [1.82, 2.24) is 16.2 Å². The van der Waals surface area contributed by atoms with Crippen LogP contribution in [-0.4, -0.2) is 30.1 Å². The van der Waals surface area contributed by atoms with Crippen molar-refractivity contribution in [3.05, 3.63) is 95.6 Å². The standard InChI is InChI=1S/C29H33N3O4S/c1-2-3-4-10-20-35-24-17-15-23(16-18-24)27(33)31-32-29(37)30-28(34)25-13-8-9-14-26(25)36-21-19-22-11-6-5-7-12-22/h5-9,11-18H,2-4,10,19-21H2,1H3,(H,31,33)(H2,30,32,34,37). The van der Waals surface area contributed by atoms with Crippen LogP contribution in [-0.2, 0) is 6.42 Å². The van der Waals surface area contributed by atoms with Gasteiger partial charge in [-0.1, -0.05) is 68.7 Å². The topological polar surface area (TPSA) is 88.7 Å². The highest BCUT2D eigenvalue weighted by Gasteiger charge is 2.14. The predicted octanol–water partition coefficient (Wildman–Crippen LogP) is 5.22. The lowest BCUT2D eigenvalue weighted by Crippen LogP contribution is -2.48. The van der Waals surface area contributed by atoms with Crippen molar-refractivity contribution in [2.75, 3.05) is 13.2 Å². The van der Waals surface area contributed by atoms with Crippen LogP contribution in [0.25, 0.3) is 0 Å². The summed E-state index contributed by atoms with van der Waals surface area (Å²) in [4.78, 5) is 25.2. The number of carbonyl (C=O) groups excluding carboxylic acids is 2. The molecule has 0 unspecified atom stereocenters. The molecule has 194 valence electrons. The summed E-state index contributed by atoms with van der Waals surface area (Å²) in [6.07, 6.45) is 5.25. The molecule has 0 heterocycles. The van der Waals surface area contributed by atoms with Crippen LogP contribution < -0.4 is 25.6 Å². The normalized spacial score (nSPS) is 10.3. The molecule has 3 N–H and O–H groups in total. The van der Waals surface area contributed by atoms with E-state index in [1.54, 1.807) is 48.5 Å². The van der Waals surface area contributed by atoms with Gasteiger partial charge < -0.3 is 9.47 Å². The molecule has 3 aromatic carbocycles. The molecule has 2 amide bonds. The Morgan fingerprint density at radius 1 is 0.757 bits per heavy atom. The number of amides is 2. The second-order valence-electron chi connectivity index (χ2n) is 8.38. The van der Waals surface area contributed by atoms with Gasteiger partial charge in [-0.3, -0.25) is 25.8 Å². The van der Waals surface area contributed by atoms with Crippen molar-refractivity contribution in [2.45, 2.75) is 39.0 Å². The average Bonchev–Trinajstić information content (AvgIpc) is 2.93. The smallest absolute Gasteiger partial charge is 0.269 e. The van der Waals surface area contributed by atoms with Crippen LogP contribution >= 0.6 is 12.2 Å². The van der Waals surface area contributed by atoms with Gasteiger partial charge in [0.1, 0.15) is 11.5 Å². The first-order chi connectivity index (χ1) is 18.1. The fraction of sp³-hybridized carbons (Fsp3) is 0.276. The van der Waals surface area contributed by atoms with Crippen LogP contribution in [0.1, 0.15) is 58.9 Å². The molecule has 0 saturated carbocycles. The Kier molecular flexibility index (Phi) is 11.4. The number of benzene rings is 3.